The monoisotopic (exact) mass is 278 g/mol. The van der Waals surface area contributed by atoms with Crippen LogP contribution in [0, 0.1) is 11.8 Å². The summed E-state index contributed by atoms with van der Waals surface area (Å²) in [5, 5.41) is 10.8. The maximum absolute atomic E-state index is 13.0. The number of hydrogen-bond donors (Lipinski definition) is 1. The molecule has 4 heteroatoms. The topological polar surface area (TPSA) is 20.2 Å². The van der Waals surface area contributed by atoms with Crippen LogP contribution in [0.2, 0.25) is 0 Å². The predicted molar refractivity (Wildman–Crippen MR) is 68.8 cm³/mol. The molecule has 112 valence electrons. The first-order chi connectivity index (χ1) is 8.92. The van der Waals surface area contributed by atoms with Gasteiger partial charge in [0.1, 0.15) is 0 Å². The van der Waals surface area contributed by atoms with Crippen LogP contribution in [-0.2, 0) is 0 Å². The molecule has 0 heterocycles. The summed E-state index contributed by atoms with van der Waals surface area (Å²) in [6.07, 6.45) is 4.12. The Bertz CT molecular complexity index is 282. The Morgan fingerprint density at radius 2 is 1.42 bits per heavy atom. The van der Waals surface area contributed by atoms with Gasteiger partial charge in [0.25, 0.3) is 0 Å². The fraction of sp³-hybridized carbons (Fsp3) is 1.00. The number of aliphatic hydroxyl groups is 1. The highest BCUT2D eigenvalue weighted by Gasteiger charge is 2.48. The van der Waals surface area contributed by atoms with E-state index in [1.807, 2.05) is 0 Å². The molecule has 0 radical (unpaired) electrons. The van der Waals surface area contributed by atoms with Crippen molar-refractivity contribution in [3.05, 3.63) is 0 Å². The van der Waals surface area contributed by atoms with Crippen LogP contribution in [0.5, 0.6) is 0 Å². The summed E-state index contributed by atoms with van der Waals surface area (Å²) in [5.41, 5.74) is -1.07. The van der Waals surface area contributed by atoms with Gasteiger partial charge >= 0.3 is 6.18 Å². The lowest BCUT2D eigenvalue weighted by molar-refractivity contribution is -0.193. The molecule has 2 aliphatic rings. The van der Waals surface area contributed by atoms with Crippen LogP contribution in [0.15, 0.2) is 0 Å². The molecule has 0 aliphatic heterocycles. The van der Waals surface area contributed by atoms with E-state index < -0.39 is 17.7 Å². The van der Waals surface area contributed by atoms with Crippen molar-refractivity contribution >= 4 is 0 Å². The van der Waals surface area contributed by atoms with E-state index in [1.54, 1.807) is 0 Å². The molecule has 0 saturated heterocycles. The van der Waals surface area contributed by atoms with Crippen molar-refractivity contribution < 1.29 is 18.3 Å². The summed E-state index contributed by atoms with van der Waals surface area (Å²) in [7, 11) is 0. The zero-order valence-corrected chi connectivity index (χ0v) is 11.5. The van der Waals surface area contributed by atoms with E-state index >= 15 is 0 Å². The molecule has 1 nitrogen and oxygen atoms in total. The molecule has 2 saturated carbocycles. The van der Waals surface area contributed by atoms with Crippen molar-refractivity contribution in [2.75, 3.05) is 0 Å². The van der Waals surface area contributed by atoms with Crippen molar-refractivity contribution in [1.82, 2.24) is 0 Å². The van der Waals surface area contributed by atoms with Gasteiger partial charge in [0.2, 0.25) is 0 Å². The van der Waals surface area contributed by atoms with Gasteiger partial charge in [0.15, 0.2) is 0 Å². The zero-order chi connectivity index (χ0) is 13.9. The molecule has 1 N–H and O–H groups in total. The lowest BCUT2D eigenvalue weighted by Crippen LogP contribution is -2.41. The first-order valence-electron chi connectivity index (χ1n) is 7.71. The van der Waals surface area contributed by atoms with Crippen LogP contribution in [0.25, 0.3) is 0 Å². The summed E-state index contributed by atoms with van der Waals surface area (Å²) in [6.45, 7) is 0. The Morgan fingerprint density at radius 3 is 2.00 bits per heavy atom. The fourth-order valence-corrected chi connectivity index (χ4v) is 3.92. The van der Waals surface area contributed by atoms with Gasteiger partial charge in [-0.25, -0.2) is 0 Å². The molecule has 2 unspecified atom stereocenters. The van der Waals surface area contributed by atoms with Crippen LogP contribution >= 0.6 is 0 Å². The summed E-state index contributed by atoms with van der Waals surface area (Å²) >= 11 is 0. The second-order valence-electron chi connectivity index (χ2n) is 6.48. The lowest BCUT2D eigenvalue weighted by atomic mass is 9.75. The standard InChI is InChI=1S/C15H25F3O/c16-15(17,18)13-9-5-6-10-14(19,11-13)12-7-3-1-2-4-8-12/h12-13,19H,1-11H2. The Kier molecular flexibility index (Phi) is 4.80. The van der Waals surface area contributed by atoms with Gasteiger partial charge in [-0.2, -0.15) is 13.2 Å². The minimum atomic E-state index is -4.15. The number of rotatable bonds is 1. The number of hydrogen-bond acceptors (Lipinski definition) is 1. The summed E-state index contributed by atoms with van der Waals surface area (Å²) in [6, 6.07) is 0. The first kappa shape index (κ1) is 15.1. The van der Waals surface area contributed by atoms with Crippen LogP contribution in [-0.4, -0.2) is 16.9 Å². The van der Waals surface area contributed by atoms with Crippen LogP contribution in [0.1, 0.15) is 70.6 Å². The van der Waals surface area contributed by atoms with Gasteiger partial charge < -0.3 is 5.11 Å². The van der Waals surface area contributed by atoms with Crippen molar-refractivity contribution in [2.24, 2.45) is 11.8 Å². The van der Waals surface area contributed by atoms with Crippen molar-refractivity contribution in [2.45, 2.75) is 82.4 Å². The molecule has 0 amide bonds. The van der Waals surface area contributed by atoms with Gasteiger partial charge in [-0.3, -0.25) is 0 Å². The highest BCUT2D eigenvalue weighted by Crippen LogP contribution is 2.46. The average molecular weight is 278 g/mol. The highest BCUT2D eigenvalue weighted by atomic mass is 19.4. The first-order valence-corrected chi connectivity index (χ1v) is 7.71. The summed E-state index contributed by atoms with van der Waals surface area (Å²) in [5.74, 6) is -1.22. The largest absolute Gasteiger partial charge is 0.391 e. The number of halogens is 3. The van der Waals surface area contributed by atoms with Gasteiger partial charge in [-0.15, -0.1) is 0 Å². The Hall–Kier alpha value is -0.250. The fourth-order valence-electron chi connectivity index (χ4n) is 3.92. The van der Waals surface area contributed by atoms with E-state index in [9.17, 15) is 18.3 Å². The van der Waals surface area contributed by atoms with Crippen molar-refractivity contribution in [3.8, 4) is 0 Å². The molecule has 0 spiro atoms. The van der Waals surface area contributed by atoms with E-state index in [2.05, 4.69) is 0 Å². The zero-order valence-electron chi connectivity index (χ0n) is 11.5. The van der Waals surface area contributed by atoms with Gasteiger partial charge in [-0.1, -0.05) is 38.5 Å². The smallest absolute Gasteiger partial charge is 0.390 e. The van der Waals surface area contributed by atoms with Crippen LogP contribution in [0.4, 0.5) is 13.2 Å². The minimum Gasteiger partial charge on any atom is -0.390 e. The highest BCUT2D eigenvalue weighted by molar-refractivity contribution is 4.92. The molecule has 2 atom stereocenters. The molecule has 0 aromatic heterocycles. The maximum atomic E-state index is 13.0. The molecule has 0 bridgehead atoms. The van der Waals surface area contributed by atoms with Crippen molar-refractivity contribution in [1.29, 1.82) is 0 Å². The van der Waals surface area contributed by atoms with Crippen molar-refractivity contribution in [3.63, 3.8) is 0 Å². The summed E-state index contributed by atoms with van der Waals surface area (Å²) < 4.78 is 39.0. The molecule has 0 aromatic carbocycles. The molecule has 2 rings (SSSR count). The molecule has 2 fully saturated rings. The second kappa shape index (κ2) is 6.02. The van der Waals surface area contributed by atoms with E-state index in [0.717, 1.165) is 44.9 Å². The van der Waals surface area contributed by atoms with Gasteiger partial charge in [0, 0.05) is 0 Å². The normalized spacial score (nSPS) is 35.7. The Balaban J connectivity index is 2.10. The van der Waals surface area contributed by atoms with Crippen LogP contribution < -0.4 is 0 Å². The maximum Gasteiger partial charge on any atom is 0.391 e. The third kappa shape index (κ3) is 3.87. The molecule has 19 heavy (non-hydrogen) atoms. The predicted octanol–water partition coefficient (Wildman–Crippen LogP) is 4.83. The van der Waals surface area contributed by atoms with Crippen LogP contribution in [0.3, 0.4) is 0 Å². The Labute approximate surface area is 113 Å². The third-order valence-electron chi connectivity index (χ3n) is 5.09. The molecular weight excluding hydrogens is 253 g/mol. The van der Waals surface area contributed by atoms with E-state index in [-0.39, 0.29) is 18.8 Å². The molecule has 2 aliphatic carbocycles. The van der Waals surface area contributed by atoms with E-state index in [1.165, 1.54) is 0 Å². The Morgan fingerprint density at radius 1 is 0.842 bits per heavy atom. The van der Waals surface area contributed by atoms with Gasteiger partial charge in [0.05, 0.1) is 11.5 Å². The lowest BCUT2D eigenvalue weighted by Gasteiger charge is -2.37. The van der Waals surface area contributed by atoms with E-state index in [0.29, 0.717) is 12.8 Å². The summed E-state index contributed by atoms with van der Waals surface area (Å²) in [4.78, 5) is 0. The molecular formula is C15H25F3O. The van der Waals surface area contributed by atoms with Gasteiger partial charge in [-0.05, 0) is 38.0 Å². The minimum absolute atomic E-state index is 0.0683. The van der Waals surface area contributed by atoms with E-state index in [4.69, 9.17) is 0 Å². The average Bonchev–Trinajstić information content (AvgIpc) is 2.69. The second-order valence-corrected chi connectivity index (χ2v) is 6.48. The third-order valence-corrected chi connectivity index (χ3v) is 5.09. The SMILES string of the molecule is OC1(C2CCCCCC2)CCCCC(C(F)(F)F)C1. The number of alkyl halides is 3. The molecule has 0 aromatic rings. The quantitative estimate of drug-likeness (QED) is 0.681.